The van der Waals surface area contributed by atoms with Gasteiger partial charge in [0.2, 0.25) is 0 Å². The molecule has 0 saturated heterocycles. The van der Waals surface area contributed by atoms with Crippen LogP contribution in [0.5, 0.6) is 0 Å². The first-order chi connectivity index (χ1) is 3.63. The van der Waals surface area contributed by atoms with Crippen LogP contribution in [0.3, 0.4) is 0 Å². The van der Waals surface area contributed by atoms with E-state index in [1.165, 1.54) is 0 Å². The molecule has 2 amide bonds. The van der Waals surface area contributed by atoms with E-state index >= 15 is 0 Å². The van der Waals surface area contributed by atoms with Crippen molar-refractivity contribution in [2.24, 2.45) is 5.73 Å². The molecule has 0 atom stereocenters. The van der Waals surface area contributed by atoms with Gasteiger partial charge >= 0.3 is 6.03 Å². The van der Waals surface area contributed by atoms with Crippen LogP contribution in [0.25, 0.3) is 0 Å². The first kappa shape index (κ1) is 7.36. The summed E-state index contributed by atoms with van der Waals surface area (Å²) in [5, 5.41) is 2.34. The Bertz CT molecular complexity index is 98.6. The van der Waals surface area contributed by atoms with Crippen molar-refractivity contribution < 1.29 is 4.79 Å². The van der Waals surface area contributed by atoms with E-state index in [0.29, 0.717) is 6.54 Å². The maximum atomic E-state index is 9.96. The molecule has 3 N–H and O–H groups in total. The van der Waals surface area contributed by atoms with Crippen LogP contribution in [-0.4, -0.2) is 17.4 Å². The number of rotatable bonds is 2. The third-order valence-electron chi connectivity index (χ3n) is 0.512. The Morgan fingerprint density at radius 3 is 2.50 bits per heavy atom. The number of carbonyl (C=O) groups is 1. The summed E-state index contributed by atoms with van der Waals surface area (Å²) in [6.45, 7) is 2.13. The molecule has 0 aromatic rings. The smallest absolute Gasteiger partial charge is 0.312 e. The predicted molar refractivity (Wildman–Crippen MR) is 35.9 cm³/mol. The molecule has 46 valence electrons. The lowest BCUT2D eigenvalue weighted by Crippen LogP contribution is -2.32. The topological polar surface area (TPSA) is 55.1 Å². The minimum atomic E-state index is -0.533. The van der Waals surface area contributed by atoms with Gasteiger partial charge < -0.3 is 11.1 Å². The second-order valence-corrected chi connectivity index (χ2v) is 2.12. The zero-order valence-corrected chi connectivity index (χ0v) is 5.42. The van der Waals surface area contributed by atoms with Gasteiger partial charge in [-0.3, -0.25) is 0 Å². The van der Waals surface area contributed by atoms with Gasteiger partial charge in [0.15, 0.2) is 0 Å². The lowest BCUT2D eigenvalue weighted by Gasteiger charge is -1.95. The minimum Gasteiger partial charge on any atom is -0.352 e. The van der Waals surface area contributed by atoms with Crippen LogP contribution in [0.15, 0.2) is 0 Å². The van der Waals surface area contributed by atoms with Gasteiger partial charge in [-0.25, -0.2) is 4.79 Å². The molecule has 0 aliphatic heterocycles. The molecule has 0 fully saturated rings. The Labute approximate surface area is 53.2 Å². The third kappa shape index (κ3) is 5.36. The molecular formula is C4H8N2OS. The van der Waals surface area contributed by atoms with Gasteiger partial charge in [-0.1, -0.05) is 12.2 Å². The third-order valence-corrected chi connectivity index (χ3v) is 0.656. The van der Waals surface area contributed by atoms with Crippen molar-refractivity contribution in [3.63, 3.8) is 0 Å². The Morgan fingerprint density at radius 2 is 2.38 bits per heavy atom. The van der Waals surface area contributed by atoms with E-state index in [1.54, 1.807) is 6.92 Å². The lowest BCUT2D eigenvalue weighted by atomic mass is 10.5. The number of hydrogen-bond acceptors (Lipinski definition) is 2. The van der Waals surface area contributed by atoms with Crippen molar-refractivity contribution in [3.8, 4) is 0 Å². The molecule has 0 radical (unpaired) electrons. The van der Waals surface area contributed by atoms with E-state index < -0.39 is 6.03 Å². The summed E-state index contributed by atoms with van der Waals surface area (Å²) in [5.74, 6) is 0. The largest absolute Gasteiger partial charge is 0.352 e. The fourth-order valence-electron chi connectivity index (χ4n) is 0.212. The molecule has 4 heteroatoms. The molecular weight excluding hydrogens is 124 g/mol. The second kappa shape index (κ2) is 3.37. The van der Waals surface area contributed by atoms with E-state index in [9.17, 15) is 4.79 Å². The number of amides is 2. The van der Waals surface area contributed by atoms with Gasteiger partial charge in [-0.15, -0.1) is 0 Å². The number of thiocarbonyl (C=S) groups is 1. The number of primary amides is 1. The molecule has 0 aromatic heterocycles. The van der Waals surface area contributed by atoms with Gasteiger partial charge in [0.05, 0.1) is 6.54 Å². The van der Waals surface area contributed by atoms with Crippen molar-refractivity contribution >= 4 is 23.1 Å². The molecule has 0 spiro atoms. The van der Waals surface area contributed by atoms with Crippen LogP contribution in [0.1, 0.15) is 6.92 Å². The van der Waals surface area contributed by atoms with Crippen molar-refractivity contribution in [2.75, 3.05) is 6.54 Å². The Hall–Kier alpha value is -0.640. The molecule has 0 bridgehead atoms. The van der Waals surface area contributed by atoms with Crippen molar-refractivity contribution in [1.29, 1.82) is 0 Å². The van der Waals surface area contributed by atoms with Crippen LogP contribution in [-0.2, 0) is 0 Å². The second-order valence-electron chi connectivity index (χ2n) is 1.42. The first-order valence-corrected chi connectivity index (χ1v) is 2.56. The van der Waals surface area contributed by atoms with E-state index in [0.717, 1.165) is 4.86 Å². The molecule has 0 aromatic carbocycles. The highest BCUT2D eigenvalue weighted by Crippen LogP contribution is 1.68. The summed E-state index contributed by atoms with van der Waals surface area (Å²) >= 11 is 4.64. The Morgan fingerprint density at radius 1 is 1.88 bits per heavy atom. The summed E-state index contributed by atoms with van der Waals surface area (Å²) in [5.41, 5.74) is 4.73. The Kier molecular flexibility index (Phi) is 3.10. The number of urea groups is 1. The number of nitrogens with two attached hydrogens (primary N) is 1. The summed E-state index contributed by atoms with van der Waals surface area (Å²) in [4.78, 5) is 10.7. The number of hydrogen-bond donors (Lipinski definition) is 2. The van der Waals surface area contributed by atoms with Crippen LogP contribution in [0.4, 0.5) is 4.79 Å². The van der Waals surface area contributed by atoms with Gasteiger partial charge in [-0.2, -0.15) is 0 Å². The molecule has 0 unspecified atom stereocenters. The van der Waals surface area contributed by atoms with E-state index in [2.05, 4.69) is 17.5 Å². The van der Waals surface area contributed by atoms with Crippen LogP contribution >= 0.6 is 12.2 Å². The monoisotopic (exact) mass is 132 g/mol. The van der Waals surface area contributed by atoms with Crippen LogP contribution < -0.4 is 11.1 Å². The first-order valence-electron chi connectivity index (χ1n) is 2.15. The number of carbonyl (C=O) groups excluding carboxylic acids is 1. The SMILES string of the molecule is CC(=S)CNC(N)=O. The minimum absolute atomic E-state index is 0.394. The predicted octanol–water partition coefficient (Wildman–Crippen LogP) is 0.0445. The zero-order chi connectivity index (χ0) is 6.57. The van der Waals surface area contributed by atoms with Gasteiger partial charge in [0.1, 0.15) is 0 Å². The fourth-order valence-corrected chi connectivity index (χ4v) is 0.284. The summed E-state index contributed by atoms with van der Waals surface area (Å²) in [7, 11) is 0. The van der Waals surface area contributed by atoms with Crippen LogP contribution in [0, 0.1) is 0 Å². The summed E-state index contributed by atoms with van der Waals surface area (Å²) < 4.78 is 0. The maximum absolute atomic E-state index is 9.96. The van der Waals surface area contributed by atoms with E-state index in [1.807, 2.05) is 0 Å². The zero-order valence-electron chi connectivity index (χ0n) is 4.60. The number of nitrogens with one attached hydrogen (secondary N) is 1. The molecule has 8 heavy (non-hydrogen) atoms. The molecule has 0 rings (SSSR count). The van der Waals surface area contributed by atoms with Crippen molar-refractivity contribution in [2.45, 2.75) is 6.92 Å². The highest BCUT2D eigenvalue weighted by Gasteiger charge is 1.89. The van der Waals surface area contributed by atoms with Crippen LogP contribution in [0.2, 0.25) is 0 Å². The highest BCUT2D eigenvalue weighted by molar-refractivity contribution is 7.80. The van der Waals surface area contributed by atoms with Gasteiger partial charge in [-0.05, 0) is 6.92 Å². The lowest BCUT2D eigenvalue weighted by molar-refractivity contribution is 0.250. The molecule has 0 aliphatic rings. The average Bonchev–Trinajstić information content (AvgIpc) is 1.61. The normalized spacial score (nSPS) is 8.12. The summed E-state index contributed by atoms with van der Waals surface area (Å²) in [6, 6.07) is -0.533. The van der Waals surface area contributed by atoms with Crippen molar-refractivity contribution in [3.05, 3.63) is 0 Å². The fraction of sp³-hybridized carbons (Fsp3) is 0.500. The molecule has 0 saturated carbocycles. The summed E-state index contributed by atoms with van der Waals surface area (Å²) in [6.07, 6.45) is 0. The van der Waals surface area contributed by atoms with E-state index in [-0.39, 0.29) is 0 Å². The van der Waals surface area contributed by atoms with Gasteiger partial charge in [0, 0.05) is 4.86 Å². The molecule has 3 nitrogen and oxygen atoms in total. The maximum Gasteiger partial charge on any atom is 0.312 e. The van der Waals surface area contributed by atoms with Gasteiger partial charge in [0.25, 0.3) is 0 Å². The van der Waals surface area contributed by atoms with Crippen molar-refractivity contribution in [1.82, 2.24) is 5.32 Å². The molecule has 0 aliphatic carbocycles. The molecule has 0 heterocycles. The Balaban J connectivity index is 3.18. The quantitative estimate of drug-likeness (QED) is 0.521. The average molecular weight is 132 g/mol. The standard InChI is InChI=1S/C4H8N2OS/c1-3(8)2-6-4(5)7/h2H2,1H3,(H3,5,6,7). The highest BCUT2D eigenvalue weighted by atomic mass is 32.1. The van der Waals surface area contributed by atoms with E-state index in [4.69, 9.17) is 5.73 Å².